The van der Waals surface area contributed by atoms with E-state index in [1.54, 1.807) is 13.0 Å². The number of hydrogen-bond acceptors (Lipinski definition) is 4. The summed E-state index contributed by atoms with van der Waals surface area (Å²) in [6, 6.07) is 1.57. The van der Waals surface area contributed by atoms with Gasteiger partial charge in [0.2, 0.25) is 0 Å². The molecule has 0 aliphatic carbocycles. The van der Waals surface area contributed by atoms with Gasteiger partial charge in [-0.2, -0.15) is 12.7 Å². The van der Waals surface area contributed by atoms with Crippen molar-refractivity contribution in [3.05, 3.63) is 23.0 Å². The number of aromatic nitrogens is 1. The summed E-state index contributed by atoms with van der Waals surface area (Å²) in [5.41, 5.74) is 0.952. The average molecular weight is 334 g/mol. The van der Waals surface area contributed by atoms with E-state index in [0.29, 0.717) is 12.8 Å². The Hall–Kier alpha value is -1.38. The minimum absolute atomic E-state index is 0.0401. The van der Waals surface area contributed by atoms with E-state index in [4.69, 9.17) is 16.7 Å². The lowest BCUT2D eigenvalue weighted by molar-refractivity contribution is -0.142. The summed E-state index contributed by atoms with van der Waals surface area (Å²) in [6.45, 7) is 2.01. The molecule has 1 aromatic heterocycles. The van der Waals surface area contributed by atoms with Crippen LogP contribution >= 0.6 is 11.6 Å². The fourth-order valence-corrected chi connectivity index (χ4v) is 3.70. The van der Waals surface area contributed by atoms with E-state index in [2.05, 4.69) is 9.71 Å². The van der Waals surface area contributed by atoms with Gasteiger partial charge in [-0.25, -0.2) is 4.98 Å². The summed E-state index contributed by atoms with van der Waals surface area (Å²) in [5, 5.41) is 9.07. The molecule has 0 spiro atoms. The number of nitrogens with zero attached hydrogens (tertiary/aromatic N) is 2. The topological polar surface area (TPSA) is 99.6 Å². The highest BCUT2D eigenvalue weighted by Crippen LogP contribution is 2.24. The van der Waals surface area contributed by atoms with Crippen LogP contribution in [0.5, 0.6) is 0 Å². The smallest absolute Gasteiger partial charge is 0.307 e. The molecule has 1 aliphatic rings. The molecule has 1 fully saturated rings. The Morgan fingerprint density at radius 2 is 2.29 bits per heavy atom. The summed E-state index contributed by atoms with van der Waals surface area (Å²) in [7, 11) is -3.85. The fourth-order valence-electron chi connectivity index (χ4n) is 2.19. The number of carbonyl (C=O) groups is 1. The van der Waals surface area contributed by atoms with Crippen LogP contribution < -0.4 is 4.72 Å². The molecule has 0 bridgehead atoms. The van der Waals surface area contributed by atoms with Gasteiger partial charge in [0.25, 0.3) is 0 Å². The molecule has 2 N–H and O–H groups in total. The zero-order chi connectivity index (χ0) is 15.6. The maximum absolute atomic E-state index is 12.3. The third-order valence-corrected chi connectivity index (χ3v) is 5.08. The molecule has 1 atom stereocenters. The zero-order valence-electron chi connectivity index (χ0n) is 11.4. The van der Waals surface area contributed by atoms with Crippen molar-refractivity contribution < 1.29 is 18.3 Å². The summed E-state index contributed by atoms with van der Waals surface area (Å²) in [6.07, 6.45) is 2.52. The summed E-state index contributed by atoms with van der Waals surface area (Å²) < 4.78 is 28.1. The standard InChI is InChI=1S/C12H16ClN3O4S/c1-8-5-10(11(13)14-6-8)15-21(19,20)16-4-2-3-9(7-16)12(17)18/h5-6,9,15H,2-4,7H2,1H3,(H,17,18). The minimum Gasteiger partial charge on any atom is -0.481 e. The Bertz CT molecular complexity index is 650. The number of carboxylic acids is 1. The van der Waals surface area contributed by atoms with Crippen LogP contribution in [-0.2, 0) is 15.0 Å². The van der Waals surface area contributed by atoms with E-state index < -0.39 is 22.1 Å². The van der Waals surface area contributed by atoms with Crippen molar-refractivity contribution in [1.29, 1.82) is 0 Å². The number of anilines is 1. The molecule has 0 saturated carbocycles. The van der Waals surface area contributed by atoms with Crippen LogP contribution in [-0.4, -0.2) is 41.9 Å². The number of nitrogens with one attached hydrogen (secondary N) is 1. The number of pyridine rings is 1. The summed E-state index contributed by atoms with van der Waals surface area (Å²) in [5.74, 6) is -1.66. The third-order valence-electron chi connectivity index (χ3n) is 3.29. The molecule has 1 unspecified atom stereocenters. The van der Waals surface area contributed by atoms with Crippen molar-refractivity contribution in [2.75, 3.05) is 17.8 Å². The molecule has 1 saturated heterocycles. The molecule has 0 radical (unpaired) electrons. The second kappa shape index (κ2) is 6.17. The highest BCUT2D eigenvalue weighted by Gasteiger charge is 2.32. The Morgan fingerprint density at radius 3 is 2.95 bits per heavy atom. The zero-order valence-corrected chi connectivity index (χ0v) is 13.0. The largest absolute Gasteiger partial charge is 0.481 e. The van der Waals surface area contributed by atoms with E-state index in [1.807, 2.05) is 0 Å². The number of halogens is 1. The van der Waals surface area contributed by atoms with Crippen LogP contribution in [0.4, 0.5) is 5.69 Å². The first-order valence-electron chi connectivity index (χ1n) is 6.42. The number of rotatable bonds is 4. The maximum atomic E-state index is 12.3. The van der Waals surface area contributed by atoms with Gasteiger partial charge in [0.15, 0.2) is 5.15 Å². The normalized spacial score (nSPS) is 20.2. The van der Waals surface area contributed by atoms with Gasteiger partial charge in [-0.15, -0.1) is 0 Å². The second-order valence-electron chi connectivity index (χ2n) is 4.99. The van der Waals surface area contributed by atoms with Gasteiger partial charge in [-0.1, -0.05) is 11.6 Å². The number of aliphatic carboxylic acids is 1. The molecule has 1 aromatic rings. The first kappa shape index (κ1) is 16.0. The highest BCUT2D eigenvalue weighted by molar-refractivity contribution is 7.90. The Balaban J connectivity index is 2.18. The molecule has 1 aliphatic heterocycles. The van der Waals surface area contributed by atoms with Crippen LogP contribution in [0.25, 0.3) is 0 Å². The minimum atomic E-state index is -3.85. The van der Waals surface area contributed by atoms with Crippen LogP contribution in [0, 0.1) is 12.8 Å². The summed E-state index contributed by atoms with van der Waals surface area (Å²) in [4.78, 5) is 14.9. The summed E-state index contributed by atoms with van der Waals surface area (Å²) >= 11 is 5.87. The molecule has 9 heteroatoms. The average Bonchev–Trinajstić information content (AvgIpc) is 2.43. The van der Waals surface area contributed by atoms with Gasteiger partial charge < -0.3 is 5.11 Å². The highest BCUT2D eigenvalue weighted by atomic mass is 35.5. The van der Waals surface area contributed by atoms with Crippen LogP contribution in [0.2, 0.25) is 5.15 Å². The van der Waals surface area contributed by atoms with Gasteiger partial charge in [0.05, 0.1) is 11.6 Å². The van der Waals surface area contributed by atoms with Crippen molar-refractivity contribution in [1.82, 2.24) is 9.29 Å². The van der Waals surface area contributed by atoms with Crippen LogP contribution in [0.15, 0.2) is 12.3 Å². The van der Waals surface area contributed by atoms with Crippen LogP contribution in [0.1, 0.15) is 18.4 Å². The van der Waals surface area contributed by atoms with Crippen molar-refractivity contribution in [3.8, 4) is 0 Å². The molecular weight excluding hydrogens is 318 g/mol. The van der Waals surface area contributed by atoms with Gasteiger partial charge in [-0.05, 0) is 31.4 Å². The predicted molar refractivity (Wildman–Crippen MR) is 78.5 cm³/mol. The Morgan fingerprint density at radius 1 is 1.57 bits per heavy atom. The SMILES string of the molecule is Cc1cnc(Cl)c(NS(=O)(=O)N2CCCC(C(=O)O)C2)c1. The third kappa shape index (κ3) is 3.84. The van der Waals surface area contributed by atoms with Gasteiger partial charge in [0.1, 0.15) is 0 Å². The molecule has 2 heterocycles. The number of hydrogen-bond donors (Lipinski definition) is 2. The first-order chi connectivity index (χ1) is 9.79. The van der Waals surface area contributed by atoms with Crippen molar-refractivity contribution >= 4 is 33.5 Å². The van der Waals surface area contributed by atoms with Crippen LogP contribution in [0.3, 0.4) is 0 Å². The lowest BCUT2D eigenvalue weighted by atomic mass is 10.0. The first-order valence-corrected chi connectivity index (χ1v) is 8.24. The van der Waals surface area contributed by atoms with Gasteiger partial charge >= 0.3 is 16.2 Å². The number of aryl methyl sites for hydroxylation is 1. The Labute approximate surface area is 128 Å². The van der Waals surface area contributed by atoms with Gasteiger partial charge in [-0.3, -0.25) is 9.52 Å². The molecule has 2 rings (SSSR count). The van der Waals surface area contributed by atoms with E-state index in [1.165, 1.54) is 6.20 Å². The second-order valence-corrected chi connectivity index (χ2v) is 7.02. The molecule has 116 valence electrons. The predicted octanol–water partition coefficient (Wildman–Crippen LogP) is 1.50. The fraction of sp³-hybridized carbons (Fsp3) is 0.500. The van der Waals surface area contributed by atoms with E-state index >= 15 is 0 Å². The number of carboxylic acid groups (broad SMARTS) is 1. The van der Waals surface area contributed by atoms with E-state index in [9.17, 15) is 13.2 Å². The van der Waals surface area contributed by atoms with E-state index in [-0.39, 0.29) is 23.9 Å². The van der Waals surface area contributed by atoms with Gasteiger partial charge in [0, 0.05) is 19.3 Å². The molecular formula is C12H16ClN3O4S. The molecule has 0 amide bonds. The lowest BCUT2D eigenvalue weighted by Crippen LogP contribution is -2.44. The monoisotopic (exact) mass is 333 g/mol. The quantitative estimate of drug-likeness (QED) is 0.813. The molecule has 7 nitrogen and oxygen atoms in total. The Kier molecular flexibility index (Phi) is 4.70. The van der Waals surface area contributed by atoms with E-state index in [0.717, 1.165) is 9.87 Å². The molecule has 21 heavy (non-hydrogen) atoms. The lowest BCUT2D eigenvalue weighted by Gasteiger charge is -2.30. The number of piperidine rings is 1. The molecule has 0 aromatic carbocycles. The van der Waals surface area contributed by atoms with Crippen molar-refractivity contribution in [3.63, 3.8) is 0 Å². The van der Waals surface area contributed by atoms with Crippen molar-refractivity contribution in [2.45, 2.75) is 19.8 Å². The maximum Gasteiger partial charge on any atom is 0.307 e. The van der Waals surface area contributed by atoms with Crippen molar-refractivity contribution in [2.24, 2.45) is 5.92 Å².